The molecule has 2 rings (SSSR count). The molecule has 4 nitrogen and oxygen atoms in total. The van der Waals surface area contributed by atoms with E-state index in [0.717, 1.165) is 6.07 Å². The van der Waals surface area contributed by atoms with E-state index in [-0.39, 0.29) is 11.4 Å². The Morgan fingerprint density at radius 2 is 2.21 bits per heavy atom. The number of halogens is 2. The minimum absolute atomic E-state index is 0.0535. The van der Waals surface area contributed by atoms with E-state index in [2.05, 4.69) is 10.1 Å². The number of hydrogen-bond donors (Lipinski definition) is 1. The van der Waals surface area contributed by atoms with Gasteiger partial charge in [0.15, 0.2) is 0 Å². The van der Waals surface area contributed by atoms with Gasteiger partial charge in [0, 0.05) is 5.69 Å². The van der Waals surface area contributed by atoms with E-state index in [0.29, 0.717) is 11.1 Å². The molecule has 0 amide bonds. The molecule has 2 N–H and O–H groups in total. The number of fused-ring (bicyclic) bond motifs is 1. The molecule has 0 atom stereocenters. The summed E-state index contributed by atoms with van der Waals surface area (Å²) in [6, 6.07) is 1.14. The topological polar surface area (TPSA) is 64.9 Å². The van der Waals surface area contributed by atoms with Crippen molar-refractivity contribution in [2.24, 2.45) is 0 Å². The number of nitrogen functional groups attached to an aromatic ring is 1. The summed E-state index contributed by atoms with van der Waals surface area (Å²) in [6.07, 6.45) is -2.66. The highest BCUT2D eigenvalue weighted by Gasteiger charge is 2.16. The van der Waals surface area contributed by atoms with E-state index >= 15 is 0 Å². The van der Waals surface area contributed by atoms with Gasteiger partial charge in [-0.25, -0.2) is 13.8 Å². The lowest BCUT2D eigenvalue weighted by molar-refractivity contribution is 0.146. The summed E-state index contributed by atoms with van der Waals surface area (Å²) < 4.78 is 29.3. The van der Waals surface area contributed by atoms with Crippen molar-refractivity contribution in [3.8, 4) is 0 Å². The molecular weight excluding hydrogens is 192 g/mol. The summed E-state index contributed by atoms with van der Waals surface area (Å²) in [7, 11) is 0. The average molecular weight is 199 g/mol. The lowest BCUT2D eigenvalue weighted by Crippen LogP contribution is -1.95. The maximum atomic E-state index is 12.3. The smallest absolute Gasteiger partial charge is 0.280 e. The molecule has 0 bridgehead atoms. The SMILES string of the molecule is Cc1noc2nc(C(F)F)cc(N)c12. The van der Waals surface area contributed by atoms with E-state index in [1.807, 2.05) is 0 Å². The van der Waals surface area contributed by atoms with E-state index in [4.69, 9.17) is 10.3 Å². The Balaban J connectivity index is 2.74. The molecular formula is C8H7F2N3O. The second kappa shape index (κ2) is 2.90. The first kappa shape index (κ1) is 8.86. The van der Waals surface area contributed by atoms with Crippen LogP contribution in [-0.4, -0.2) is 10.1 Å². The third-order valence-corrected chi connectivity index (χ3v) is 1.89. The molecule has 0 aliphatic rings. The zero-order valence-corrected chi connectivity index (χ0v) is 7.29. The van der Waals surface area contributed by atoms with Crippen LogP contribution in [0.5, 0.6) is 0 Å². The molecule has 0 aliphatic carbocycles. The van der Waals surface area contributed by atoms with Crippen molar-refractivity contribution in [2.75, 3.05) is 5.73 Å². The molecule has 6 heteroatoms. The van der Waals surface area contributed by atoms with Crippen molar-refractivity contribution >= 4 is 16.8 Å². The molecule has 2 aromatic rings. The lowest BCUT2D eigenvalue weighted by Gasteiger charge is -2.00. The second-order valence-corrected chi connectivity index (χ2v) is 2.89. The highest BCUT2D eigenvalue weighted by molar-refractivity contribution is 5.88. The van der Waals surface area contributed by atoms with E-state index in [9.17, 15) is 8.78 Å². The molecule has 0 unspecified atom stereocenters. The van der Waals surface area contributed by atoms with Gasteiger partial charge in [-0.1, -0.05) is 5.16 Å². The van der Waals surface area contributed by atoms with Gasteiger partial charge in [-0.3, -0.25) is 0 Å². The molecule has 0 aromatic carbocycles. The summed E-state index contributed by atoms with van der Waals surface area (Å²) >= 11 is 0. The zero-order chi connectivity index (χ0) is 10.3. The predicted octanol–water partition coefficient (Wildman–Crippen LogP) is 2.05. The molecule has 0 saturated heterocycles. The molecule has 2 aromatic heterocycles. The van der Waals surface area contributed by atoms with E-state index < -0.39 is 12.1 Å². The Morgan fingerprint density at radius 3 is 2.86 bits per heavy atom. The quantitative estimate of drug-likeness (QED) is 0.763. The number of pyridine rings is 1. The number of aromatic nitrogens is 2. The van der Waals surface area contributed by atoms with Gasteiger partial charge >= 0.3 is 0 Å². The summed E-state index contributed by atoms with van der Waals surface area (Å²) in [5, 5.41) is 4.09. The van der Waals surface area contributed by atoms with Gasteiger partial charge in [0.1, 0.15) is 5.69 Å². The lowest BCUT2D eigenvalue weighted by atomic mass is 10.2. The van der Waals surface area contributed by atoms with Crippen LogP contribution in [-0.2, 0) is 0 Å². The first-order valence-electron chi connectivity index (χ1n) is 3.90. The van der Waals surface area contributed by atoms with Crippen LogP contribution in [0.1, 0.15) is 17.8 Å². The van der Waals surface area contributed by atoms with Gasteiger partial charge in [0.25, 0.3) is 12.1 Å². The zero-order valence-electron chi connectivity index (χ0n) is 7.29. The first-order valence-corrected chi connectivity index (χ1v) is 3.90. The third kappa shape index (κ3) is 1.19. The maximum absolute atomic E-state index is 12.3. The van der Waals surface area contributed by atoms with Crippen LogP contribution in [0, 0.1) is 6.92 Å². The number of nitrogens with zero attached hydrogens (tertiary/aromatic N) is 2. The minimum Gasteiger partial charge on any atom is -0.398 e. The molecule has 0 radical (unpaired) electrons. The molecule has 0 fully saturated rings. The highest BCUT2D eigenvalue weighted by atomic mass is 19.3. The second-order valence-electron chi connectivity index (χ2n) is 2.89. The Kier molecular flexibility index (Phi) is 1.83. The molecule has 2 heterocycles. The number of aryl methyl sites for hydroxylation is 1. The van der Waals surface area contributed by atoms with Crippen molar-refractivity contribution < 1.29 is 13.3 Å². The Labute approximate surface area is 77.7 Å². The normalized spacial score (nSPS) is 11.4. The summed E-state index contributed by atoms with van der Waals surface area (Å²) in [6.45, 7) is 1.67. The summed E-state index contributed by atoms with van der Waals surface area (Å²) in [5.41, 5.74) is 5.98. The Morgan fingerprint density at radius 1 is 1.50 bits per heavy atom. The van der Waals surface area contributed by atoms with Crippen molar-refractivity contribution in [3.05, 3.63) is 17.5 Å². The number of rotatable bonds is 1. The van der Waals surface area contributed by atoms with Crippen LogP contribution >= 0.6 is 0 Å². The minimum atomic E-state index is -2.66. The van der Waals surface area contributed by atoms with Gasteiger partial charge in [0.05, 0.1) is 11.1 Å². The van der Waals surface area contributed by atoms with Crippen LogP contribution in [0.15, 0.2) is 10.6 Å². The predicted molar refractivity (Wildman–Crippen MR) is 45.9 cm³/mol. The van der Waals surface area contributed by atoms with Crippen molar-refractivity contribution in [1.29, 1.82) is 0 Å². The average Bonchev–Trinajstić information content (AvgIpc) is 2.48. The first-order chi connectivity index (χ1) is 6.59. The van der Waals surface area contributed by atoms with Crippen LogP contribution in [0.4, 0.5) is 14.5 Å². The molecule has 0 aliphatic heterocycles. The van der Waals surface area contributed by atoms with Gasteiger partial charge in [-0.2, -0.15) is 0 Å². The third-order valence-electron chi connectivity index (χ3n) is 1.89. The van der Waals surface area contributed by atoms with Crippen molar-refractivity contribution in [2.45, 2.75) is 13.3 Å². The fraction of sp³-hybridized carbons (Fsp3) is 0.250. The van der Waals surface area contributed by atoms with Gasteiger partial charge in [-0.05, 0) is 13.0 Å². The maximum Gasteiger partial charge on any atom is 0.280 e. The standard InChI is InChI=1S/C8H7F2N3O/c1-3-6-4(11)2-5(7(9)10)12-8(6)14-13-3/h2,7H,1H3,(H2,11,12). The Hall–Kier alpha value is -1.72. The van der Waals surface area contributed by atoms with Crippen LogP contribution in [0.2, 0.25) is 0 Å². The number of nitrogens with two attached hydrogens (primary N) is 1. The summed E-state index contributed by atoms with van der Waals surface area (Å²) in [5.74, 6) is 0. The largest absolute Gasteiger partial charge is 0.398 e. The molecule has 0 spiro atoms. The molecule has 14 heavy (non-hydrogen) atoms. The van der Waals surface area contributed by atoms with Gasteiger partial charge in [-0.15, -0.1) is 0 Å². The number of alkyl halides is 2. The van der Waals surface area contributed by atoms with Gasteiger partial charge < -0.3 is 10.3 Å². The van der Waals surface area contributed by atoms with Crippen LogP contribution in [0.25, 0.3) is 11.1 Å². The van der Waals surface area contributed by atoms with E-state index in [1.54, 1.807) is 6.92 Å². The van der Waals surface area contributed by atoms with Crippen LogP contribution in [0.3, 0.4) is 0 Å². The monoisotopic (exact) mass is 199 g/mol. The van der Waals surface area contributed by atoms with Crippen molar-refractivity contribution in [1.82, 2.24) is 10.1 Å². The number of anilines is 1. The van der Waals surface area contributed by atoms with Crippen molar-refractivity contribution in [3.63, 3.8) is 0 Å². The fourth-order valence-corrected chi connectivity index (χ4v) is 1.26. The summed E-state index contributed by atoms with van der Waals surface area (Å²) in [4.78, 5) is 3.60. The van der Waals surface area contributed by atoms with Crippen LogP contribution < -0.4 is 5.73 Å². The molecule has 74 valence electrons. The van der Waals surface area contributed by atoms with Gasteiger partial charge in [0.2, 0.25) is 0 Å². The van der Waals surface area contributed by atoms with E-state index in [1.165, 1.54) is 0 Å². The fourth-order valence-electron chi connectivity index (χ4n) is 1.26. The highest BCUT2D eigenvalue weighted by Crippen LogP contribution is 2.27. The Bertz CT molecular complexity index is 481. The number of hydrogen-bond acceptors (Lipinski definition) is 4. The molecule has 0 saturated carbocycles.